The van der Waals surface area contributed by atoms with Gasteiger partial charge in [0.1, 0.15) is 11.6 Å². The number of ether oxygens (including phenoxy) is 6. The van der Waals surface area contributed by atoms with Gasteiger partial charge in [-0.1, -0.05) is 6.92 Å². The highest BCUT2D eigenvalue weighted by Gasteiger charge is 1.98. The van der Waals surface area contributed by atoms with E-state index in [9.17, 15) is 9.59 Å². The Morgan fingerprint density at radius 1 is 0.519 bits per heavy atom. The maximum absolute atomic E-state index is 11.1. The minimum atomic E-state index is 0.128. The SMILES string of the molecule is CCC(=O)CCOCCOCCOCCOCCOCCOCCC(C)=O. The summed E-state index contributed by atoms with van der Waals surface area (Å²) < 4.78 is 32.0. The van der Waals surface area contributed by atoms with Gasteiger partial charge in [-0.25, -0.2) is 0 Å². The molecule has 0 N–H and O–H groups in total. The smallest absolute Gasteiger partial charge is 0.134 e. The Bertz CT molecular complexity index is 349. The molecular weight excluding hydrogens is 356 g/mol. The first-order valence-corrected chi connectivity index (χ1v) is 9.64. The molecule has 0 rings (SSSR count). The van der Waals surface area contributed by atoms with Gasteiger partial charge in [0.05, 0.1) is 79.3 Å². The zero-order valence-corrected chi connectivity index (χ0v) is 16.9. The van der Waals surface area contributed by atoms with Crippen molar-refractivity contribution in [3.63, 3.8) is 0 Å². The topological polar surface area (TPSA) is 89.5 Å². The lowest BCUT2D eigenvalue weighted by Crippen LogP contribution is -2.14. The number of ketones is 2. The van der Waals surface area contributed by atoms with Crippen LogP contribution in [0.1, 0.15) is 33.1 Å². The summed E-state index contributed by atoms with van der Waals surface area (Å²) in [6.07, 6.45) is 1.48. The number of rotatable bonds is 22. The second-order valence-corrected chi connectivity index (χ2v) is 5.77. The van der Waals surface area contributed by atoms with Crippen LogP contribution >= 0.6 is 0 Å². The molecule has 8 heteroatoms. The lowest BCUT2D eigenvalue weighted by atomic mass is 10.2. The third-order valence-corrected chi connectivity index (χ3v) is 3.38. The van der Waals surface area contributed by atoms with E-state index < -0.39 is 0 Å². The van der Waals surface area contributed by atoms with Crippen molar-refractivity contribution >= 4 is 11.6 Å². The van der Waals surface area contributed by atoms with Gasteiger partial charge in [-0.2, -0.15) is 0 Å². The Hall–Kier alpha value is -0.900. The minimum Gasteiger partial charge on any atom is -0.379 e. The quantitative estimate of drug-likeness (QED) is 0.256. The van der Waals surface area contributed by atoms with Crippen LogP contribution in [0, 0.1) is 0 Å². The number of hydrogen-bond donors (Lipinski definition) is 0. The monoisotopic (exact) mass is 392 g/mol. The average Bonchev–Trinajstić information content (AvgIpc) is 2.65. The fourth-order valence-electron chi connectivity index (χ4n) is 1.78. The normalized spacial score (nSPS) is 11.0. The maximum Gasteiger partial charge on any atom is 0.134 e. The fourth-order valence-corrected chi connectivity index (χ4v) is 1.78. The summed E-state index contributed by atoms with van der Waals surface area (Å²) in [5, 5.41) is 0. The molecule has 0 heterocycles. The highest BCUT2D eigenvalue weighted by Crippen LogP contribution is 1.90. The lowest BCUT2D eigenvalue weighted by molar-refractivity contribution is -0.120. The molecular formula is C19H36O8. The second kappa shape index (κ2) is 21.4. The molecule has 0 saturated carbocycles. The summed E-state index contributed by atoms with van der Waals surface area (Å²) in [5.74, 6) is 0.344. The van der Waals surface area contributed by atoms with Gasteiger partial charge in [-0.15, -0.1) is 0 Å². The van der Waals surface area contributed by atoms with Crippen LogP contribution in [0.5, 0.6) is 0 Å². The molecule has 0 unspecified atom stereocenters. The molecule has 0 aromatic carbocycles. The average molecular weight is 392 g/mol. The van der Waals surface area contributed by atoms with Crippen LogP contribution in [-0.2, 0) is 38.0 Å². The molecule has 0 saturated heterocycles. The van der Waals surface area contributed by atoms with Crippen LogP contribution in [0.25, 0.3) is 0 Å². The van der Waals surface area contributed by atoms with Crippen molar-refractivity contribution in [3.8, 4) is 0 Å². The predicted octanol–water partition coefficient (Wildman–Crippen LogP) is 1.43. The summed E-state index contributed by atoms with van der Waals surface area (Å²) in [6.45, 7) is 9.30. The van der Waals surface area contributed by atoms with Crippen LogP contribution in [0.3, 0.4) is 0 Å². The van der Waals surface area contributed by atoms with Crippen molar-refractivity contribution in [1.82, 2.24) is 0 Å². The van der Waals surface area contributed by atoms with E-state index in [0.717, 1.165) is 0 Å². The zero-order chi connectivity index (χ0) is 20.0. The summed E-state index contributed by atoms with van der Waals surface area (Å²) in [4.78, 5) is 21.7. The van der Waals surface area contributed by atoms with Crippen LogP contribution < -0.4 is 0 Å². The molecule has 0 aliphatic heterocycles. The molecule has 27 heavy (non-hydrogen) atoms. The molecule has 0 spiro atoms. The third-order valence-electron chi connectivity index (χ3n) is 3.38. The van der Waals surface area contributed by atoms with Crippen LogP contribution in [0.4, 0.5) is 0 Å². The summed E-state index contributed by atoms with van der Waals surface area (Å²) >= 11 is 0. The maximum atomic E-state index is 11.1. The van der Waals surface area contributed by atoms with Gasteiger partial charge < -0.3 is 28.4 Å². The van der Waals surface area contributed by atoms with Gasteiger partial charge in [-0.05, 0) is 6.92 Å². The molecule has 160 valence electrons. The first-order chi connectivity index (χ1) is 13.2. The van der Waals surface area contributed by atoms with E-state index in [2.05, 4.69) is 0 Å². The molecule has 0 aliphatic carbocycles. The Labute approximate surface area is 162 Å². The van der Waals surface area contributed by atoms with E-state index in [1.807, 2.05) is 6.92 Å². The van der Waals surface area contributed by atoms with E-state index >= 15 is 0 Å². The van der Waals surface area contributed by atoms with Gasteiger partial charge in [0.25, 0.3) is 0 Å². The van der Waals surface area contributed by atoms with E-state index in [-0.39, 0.29) is 11.6 Å². The fraction of sp³-hybridized carbons (Fsp3) is 0.895. The Morgan fingerprint density at radius 2 is 0.815 bits per heavy atom. The van der Waals surface area contributed by atoms with Crippen molar-refractivity contribution in [2.45, 2.75) is 33.1 Å². The second-order valence-electron chi connectivity index (χ2n) is 5.77. The molecule has 8 nitrogen and oxygen atoms in total. The largest absolute Gasteiger partial charge is 0.379 e. The summed E-state index contributed by atoms with van der Waals surface area (Å²) in [6, 6.07) is 0. The highest BCUT2D eigenvalue weighted by molar-refractivity contribution is 5.78. The van der Waals surface area contributed by atoms with Crippen LogP contribution in [-0.4, -0.2) is 90.8 Å². The molecule has 0 amide bonds. The standard InChI is InChI=1S/C19H36O8/c1-3-19(21)5-7-23-9-11-25-13-15-27-17-16-26-14-12-24-10-8-22-6-4-18(2)20/h3-17H2,1-2H3. The minimum absolute atomic E-state index is 0.128. The van der Waals surface area contributed by atoms with E-state index in [1.165, 1.54) is 0 Å². The number of Topliss-reactive ketones (excluding diaryl/α,β-unsaturated/α-hetero) is 2. The van der Waals surface area contributed by atoms with Crippen molar-refractivity contribution in [3.05, 3.63) is 0 Å². The summed E-state index contributed by atoms with van der Waals surface area (Å²) in [7, 11) is 0. The van der Waals surface area contributed by atoms with Crippen molar-refractivity contribution < 1.29 is 38.0 Å². The van der Waals surface area contributed by atoms with Crippen molar-refractivity contribution in [1.29, 1.82) is 0 Å². The first-order valence-electron chi connectivity index (χ1n) is 9.64. The first kappa shape index (κ1) is 26.1. The van der Waals surface area contributed by atoms with Gasteiger partial charge in [0.15, 0.2) is 0 Å². The lowest BCUT2D eigenvalue weighted by Gasteiger charge is -2.08. The Kier molecular flexibility index (Phi) is 20.7. The van der Waals surface area contributed by atoms with E-state index in [0.29, 0.717) is 98.5 Å². The van der Waals surface area contributed by atoms with Crippen LogP contribution in [0.15, 0.2) is 0 Å². The summed E-state index contributed by atoms with van der Waals surface area (Å²) in [5.41, 5.74) is 0. The van der Waals surface area contributed by atoms with Gasteiger partial charge in [-0.3, -0.25) is 9.59 Å². The highest BCUT2D eigenvalue weighted by atomic mass is 16.6. The molecule has 0 aliphatic rings. The van der Waals surface area contributed by atoms with Crippen molar-refractivity contribution in [2.24, 2.45) is 0 Å². The van der Waals surface area contributed by atoms with Crippen molar-refractivity contribution in [2.75, 3.05) is 79.3 Å². The molecule has 0 aromatic heterocycles. The Balaban J connectivity index is 3.03. The molecule has 0 fully saturated rings. The predicted molar refractivity (Wildman–Crippen MR) is 100 cm³/mol. The van der Waals surface area contributed by atoms with Crippen LogP contribution in [0.2, 0.25) is 0 Å². The molecule has 0 bridgehead atoms. The Morgan fingerprint density at radius 3 is 1.11 bits per heavy atom. The van der Waals surface area contributed by atoms with Gasteiger partial charge in [0, 0.05) is 19.3 Å². The number of hydrogen-bond acceptors (Lipinski definition) is 8. The number of carbonyl (C=O) groups is 2. The molecule has 0 radical (unpaired) electrons. The molecule has 0 atom stereocenters. The van der Waals surface area contributed by atoms with Gasteiger partial charge >= 0.3 is 0 Å². The zero-order valence-electron chi connectivity index (χ0n) is 16.9. The third kappa shape index (κ3) is 23.1. The molecule has 0 aromatic rings. The number of carbonyl (C=O) groups excluding carboxylic acids is 2. The van der Waals surface area contributed by atoms with E-state index in [4.69, 9.17) is 28.4 Å². The van der Waals surface area contributed by atoms with Gasteiger partial charge in [0.2, 0.25) is 0 Å². The van der Waals surface area contributed by atoms with E-state index in [1.54, 1.807) is 6.92 Å².